The molecule has 1 N–H and O–H groups in total. The number of hydrogen-bond acceptors (Lipinski definition) is 3. The molecule has 1 fully saturated rings. The predicted octanol–water partition coefficient (Wildman–Crippen LogP) is 3.31. The van der Waals surface area contributed by atoms with Crippen molar-refractivity contribution in [3.63, 3.8) is 0 Å². The Labute approximate surface area is 125 Å². The van der Waals surface area contributed by atoms with Gasteiger partial charge >= 0.3 is 0 Å². The third-order valence-corrected chi connectivity index (χ3v) is 5.17. The molecule has 3 heteroatoms. The fraction of sp³-hybridized carbons (Fsp3) is 1.00. The molecule has 3 nitrogen and oxygen atoms in total. The maximum Gasteiger partial charge on any atom is 0.0596 e. The molecule has 0 amide bonds. The van der Waals surface area contributed by atoms with Gasteiger partial charge in [-0.05, 0) is 51.5 Å². The number of rotatable bonds is 7. The highest BCUT2D eigenvalue weighted by atomic mass is 16.5. The Morgan fingerprint density at radius 1 is 1.30 bits per heavy atom. The average molecular weight is 285 g/mol. The third kappa shape index (κ3) is 5.01. The van der Waals surface area contributed by atoms with Gasteiger partial charge < -0.3 is 14.7 Å². The standard InChI is InChI=1S/C17H35NO2/c1-7-17(4,5)15-9-8-14(19)12-16(15)18(6)10-11-20-13(2)3/h13-16,19H,7-12H2,1-6H3. The monoisotopic (exact) mass is 285 g/mol. The summed E-state index contributed by atoms with van der Waals surface area (Å²) in [4.78, 5) is 2.41. The van der Waals surface area contributed by atoms with Gasteiger partial charge in [0.05, 0.1) is 18.8 Å². The van der Waals surface area contributed by atoms with Crippen molar-refractivity contribution >= 4 is 0 Å². The highest BCUT2D eigenvalue weighted by molar-refractivity contribution is 4.92. The first kappa shape index (κ1) is 17.9. The number of ether oxygens (including phenoxy) is 1. The molecule has 0 spiro atoms. The van der Waals surface area contributed by atoms with Crippen LogP contribution in [-0.2, 0) is 4.74 Å². The van der Waals surface area contributed by atoms with Crippen molar-refractivity contribution in [3.05, 3.63) is 0 Å². The molecular weight excluding hydrogens is 250 g/mol. The fourth-order valence-electron chi connectivity index (χ4n) is 3.38. The Hall–Kier alpha value is -0.120. The molecule has 0 aromatic heterocycles. The number of nitrogens with zero attached hydrogens (tertiary/aromatic N) is 1. The molecule has 0 saturated heterocycles. The Bertz CT molecular complexity index is 278. The summed E-state index contributed by atoms with van der Waals surface area (Å²) in [6.07, 6.45) is 4.37. The molecule has 1 aliphatic carbocycles. The Balaban J connectivity index is 2.64. The van der Waals surface area contributed by atoms with Gasteiger partial charge in [0.25, 0.3) is 0 Å². The van der Waals surface area contributed by atoms with E-state index in [1.807, 2.05) is 0 Å². The summed E-state index contributed by atoms with van der Waals surface area (Å²) in [5.74, 6) is 0.667. The minimum absolute atomic E-state index is 0.127. The molecule has 3 atom stereocenters. The van der Waals surface area contributed by atoms with Crippen LogP contribution in [0.15, 0.2) is 0 Å². The van der Waals surface area contributed by atoms with Crippen LogP contribution in [0.2, 0.25) is 0 Å². The second kappa shape index (κ2) is 7.77. The molecule has 0 bridgehead atoms. The van der Waals surface area contributed by atoms with E-state index in [0.717, 1.165) is 32.4 Å². The van der Waals surface area contributed by atoms with Gasteiger partial charge in [-0.25, -0.2) is 0 Å². The zero-order chi connectivity index (χ0) is 15.3. The maximum atomic E-state index is 10.0. The van der Waals surface area contributed by atoms with Gasteiger partial charge in [0.2, 0.25) is 0 Å². The van der Waals surface area contributed by atoms with Gasteiger partial charge in [0.1, 0.15) is 0 Å². The summed E-state index contributed by atoms with van der Waals surface area (Å²) >= 11 is 0. The molecule has 1 aliphatic rings. The van der Waals surface area contributed by atoms with E-state index in [-0.39, 0.29) is 6.10 Å². The van der Waals surface area contributed by atoms with E-state index in [0.29, 0.717) is 23.5 Å². The van der Waals surface area contributed by atoms with Crippen molar-refractivity contribution < 1.29 is 9.84 Å². The zero-order valence-electron chi connectivity index (χ0n) is 14.4. The van der Waals surface area contributed by atoms with E-state index in [1.54, 1.807) is 0 Å². The van der Waals surface area contributed by atoms with Crippen LogP contribution >= 0.6 is 0 Å². The fourth-order valence-corrected chi connectivity index (χ4v) is 3.38. The minimum Gasteiger partial charge on any atom is -0.393 e. The number of hydrogen-bond donors (Lipinski definition) is 1. The van der Waals surface area contributed by atoms with Crippen LogP contribution in [0.5, 0.6) is 0 Å². The van der Waals surface area contributed by atoms with E-state index in [4.69, 9.17) is 4.74 Å². The van der Waals surface area contributed by atoms with Gasteiger partial charge in [-0.2, -0.15) is 0 Å². The van der Waals surface area contributed by atoms with Crippen LogP contribution in [0.3, 0.4) is 0 Å². The topological polar surface area (TPSA) is 32.7 Å². The molecule has 0 heterocycles. The Morgan fingerprint density at radius 3 is 2.50 bits per heavy atom. The van der Waals surface area contributed by atoms with E-state index in [2.05, 4.69) is 46.6 Å². The van der Waals surface area contributed by atoms with Gasteiger partial charge in [-0.1, -0.05) is 27.2 Å². The molecule has 0 aromatic rings. The first-order chi connectivity index (χ1) is 9.27. The summed E-state index contributed by atoms with van der Waals surface area (Å²) in [7, 11) is 2.19. The second-order valence-corrected chi connectivity index (χ2v) is 7.38. The van der Waals surface area contributed by atoms with Crippen LogP contribution in [0.1, 0.15) is 60.3 Å². The van der Waals surface area contributed by atoms with Gasteiger partial charge in [-0.3, -0.25) is 0 Å². The molecular formula is C17H35NO2. The van der Waals surface area contributed by atoms with E-state index in [1.165, 1.54) is 6.42 Å². The van der Waals surface area contributed by atoms with Gasteiger partial charge in [0, 0.05) is 12.6 Å². The van der Waals surface area contributed by atoms with Crippen molar-refractivity contribution in [2.75, 3.05) is 20.2 Å². The lowest BCUT2D eigenvalue weighted by Crippen LogP contribution is -2.49. The first-order valence-corrected chi connectivity index (χ1v) is 8.27. The Morgan fingerprint density at radius 2 is 1.95 bits per heavy atom. The van der Waals surface area contributed by atoms with E-state index in [9.17, 15) is 5.11 Å². The van der Waals surface area contributed by atoms with Crippen LogP contribution in [0.4, 0.5) is 0 Å². The van der Waals surface area contributed by atoms with Crippen LogP contribution in [-0.4, -0.2) is 48.5 Å². The molecule has 1 saturated carbocycles. The second-order valence-electron chi connectivity index (χ2n) is 7.38. The highest BCUT2D eigenvalue weighted by Crippen LogP contribution is 2.42. The summed E-state index contributed by atoms with van der Waals surface area (Å²) in [5.41, 5.74) is 0.345. The molecule has 20 heavy (non-hydrogen) atoms. The third-order valence-electron chi connectivity index (χ3n) is 5.17. The summed E-state index contributed by atoms with van der Waals surface area (Å²) in [6, 6.07) is 0.476. The molecule has 0 radical (unpaired) electrons. The largest absolute Gasteiger partial charge is 0.393 e. The molecule has 3 unspecified atom stereocenters. The lowest BCUT2D eigenvalue weighted by Gasteiger charge is -2.47. The highest BCUT2D eigenvalue weighted by Gasteiger charge is 2.40. The molecule has 0 aliphatic heterocycles. The number of likely N-dealkylation sites (N-methyl/N-ethyl adjacent to an activating group) is 1. The number of aliphatic hydroxyl groups excluding tert-OH is 1. The lowest BCUT2D eigenvalue weighted by molar-refractivity contribution is -0.0222. The molecule has 1 rings (SSSR count). The SMILES string of the molecule is CCC(C)(C)C1CCC(O)CC1N(C)CCOC(C)C. The van der Waals surface area contributed by atoms with Crippen LogP contribution in [0.25, 0.3) is 0 Å². The van der Waals surface area contributed by atoms with Gasteiger partial charge in [-0.15, -0.1) is 0 Å². The quantitative estimate of drug-likeness (QED) is 0.779. The van der Waals surface area contributed by atoms with Crippen LogP contribution < -0.4 is 0 Å². The number of aliphatic hydroxyl groups is 1. The smallest absolute Gasteiger partial charge is 0.0596 e. The average Bonchev–Trinajstić information content (AvgIpc) is 2.37. The molecule has 120 valence electrons. The van der Waals surface area contributed by atoms with Crippen molar-refractivity contribution in [1.82, 2.24) is 4.90 Å². The summed E-state index contributed by atoms with van der Waals surface area (Å²) in [6.45, 7) is 12.9. The van der Waals surface area contributed by atoms with Crippen molar-refractivity contribution in [2.24, 2.45) is 11.3 Å². The van der Waals surface area contributed by atoms with Crippen molar-refractivity contribution in [1.29, 1.82) is 0 Å². The summed E-state index contributed by atoms with van der Waals surface area (Å²) in [5, 5.41) is 10.0. The normalized spacial score (nSPS) is 28.4. The van der Waals surface area contributed by atoms with Gasteiger partial charge in [0.15, 0.2) is 0 Å². The first-order valence-electron chi connectivity index (χ1n) is 8.27. The lowest BCUT2D eigenvalue weighted by atomic mass is 9.66. The molecule has 0 aromatic carbocycles. The van der Waals surface area contributed by atoms with E-state index >= 15 is 0 Å². The predicted molar refractivity (Wildman–Crippen MR) is 84.9 cm³/mol. The Kier molecular flexibility index (Phi) is 6.96. The minimum atomic E-state index is -0.127. The van der Waals surface area contributed by atoms with E-state index < -0.39 is 0 Å². The van der Waals surface area contributed by atoms with Crippen molar-refractivity contribution in [2.45, 2.75) is 78.6 Å². The maximum absolute atomic E-state index is 10.0. The zero-order valence-corrected chi connectivity index (χ0v) is 14.4. The van der Waals surface area contributed by atoms with Crippen LogP contribution in [0, 0.1) is 11.3 Å². The summed E-state index contributed by atoms with van der Waals surface area (Å²) < 4.78 is 5.67. The van der Waals surface area contributed by atoms with Crippen molar-refractivity contribution in [3.8, 4) is 0 Å².